The van der Waals surface area contributed by atoms with Gasteiger partial charge in [-0.25, -0.2) is 0 Å². The maximum Gasteiger partial charge on any atom is 0.0642 e. The van der Waals surface area contributed by atoms with E-state index in [4.69, 9.17) is 11.0 Å². The van der Waals surface area contributed by atoms with E-state index in [1.165, 1.54) is 0 Å². The Morgan fingerprint density at radius 1 is 1.67 bits per heavy atom. The summed E-state index contributed by atoms with van der Waals surface area (Å²) in [6.07, 6.45) is 0.316. The first-order valence-corrected chi connectivity index (χ1v) is 3.80. The van der Waals surface area contributed by atoms with Crippen LogP contribution in [0.1, 0.15) is 23.9 Å². The number of hydrogen-bond donors (Lipinski definition) is 1. The standard InChI is InChI=1S/C9H11N3/c1-7-3-2-4-9(12-7)8(11)5-6-10/h2-4,8H,5,11H2,1H3. The monoisotopic (exact) mass is 161 g/mol. The van der Waals surface area contributed by atoms with Crippen molar-refractivity contribution in [3.05, 3.63) is 29.6 Å². The van der Waals surface area contributed by atoms with Crippen molar-refractivity contribution in [3.63, 3.8) is 0 Å². The molecule has 1 rings (SSSR count). The quantitative estimate of drug-likeness (QED) is 0.711. The van der Waals surface area contributed by atoms with Crippen LogP contribution in [0, 0.1) is 18.3 Å². The summed E-state index contributed by atoms with van der Waals surface area (Å²) in [7, 11) is 0. The van der Waals surface area contributed by atoms with E-state index in [2.05, 4.69) is 4.98 Å². The summed E-state index contributed by atoms with van der Waals surface area (Å²) >= 11 is 0. The lowest BCUT2D eigenvalue weighted by Gasteiger charge is -2.06. The average Bonchev–Trinajstić information content (AvgIpc) is 2.05. The second-order valence-corrected chi connectivity index (χ2v) is 2.67. The maximum atomic E-state index is 8.41. The number of pyridine rings is 1. The van der Waals surface area contributed by atoms with Gasteiger partial charge in [-0.1, -0.05) is 6.07 Å². The van der Waals surface area contributed by atoms with Crippen molar-refractivity contribution in [3.8, 4) is 6.07 Å². The molecule has 0 aliphatic carbocycles. The summed E-state index contributed by atoms with van der Waals surface area (Å²) in [6, 6.07) is 7.41. The van der Waals surface area contributed by atoms with Gasteiger partial charge in [-0.05, 0) is 19.1 Å². The third-order valence-electron chi connectivity index (χ3n) is 1.60. The number of aryl methyl sites for hydroxylation is 1. The number of nitrogens with two attached hydrogens (primary N) is 1. The molecule has 62 valence electrons. The van der Waals surface area contributed by atoms with Gasteiger partial charge >= 0.3 is 0 Å². The predicted molar refractivity (Wildman–Crippen MR) is 46.1 cm³/mol. The summed E-state index contributed by atoms with van der Waals surface area (Å²) in [5.41, 5.74) is 7.41. The molecule has 1 aromatic rings. The Kier molecular flexibility index (Phi) is 2.78. The number of aromatic nitrogens is 1. The molecule has 1 aromatic heterocycles. The van der Waals surface area contributed by atoms with E-state index < -0.39 is 0 Å². The van der Waals surface area contributed by atoms with Crippen LogP contribution in [0.3, 0.4) is 0 Å². The first-order chi connectivity index (χ1) is 5.74. The molecule has 3 heteroatoms. The smallest absolute Gasteiger partial charge is 0.0642 e. The van der Waals surface area contributed by atoms with Crippen LogP contribution >= 0.6 is 0 Å². The fraction of sp³-hybridized carbons (Fsp3) is 0.333. The molecule has 0 aliphatic rings. The first kappa shape index (κ1) is 8.69. The van der Waals surface area contributed by atoms with E-state index in [0.29, 0.717) is 6.42 Å². The molecule has 0 aromatic carbocycles. The normalized spacial score (nSPS) is 12.1. The molecular formula is C9H11N3. The zero-order valence-electron chi connectivity index (χ0n) is 6.99. The van der Waals surface area contributed by atoms with Gasteiger partial charge < -0.3 is 5.73 Å². The van der Waals surface area contributed by atoms with E-state index >= 15 is 0 Å². The van der Waals surface area contributed by atoms with Crippen molar-refractivity contribution in [2.75, 3.05) is 0 Å². The van der Waals surface area contributed by atoms with Crippen LogP contribution in [0.4, 0.5) is 0 Å². The van der Waals surface area contributed by atoms with E-state index in [1.54, 1.807) is 0 Å². The fourth-order valence-electron chi connectivity index (χ4n) is 0.974. The molecule has 0 saturated heterocycles. The van der Waals surface area contributed by atoms with Crippen molar-refractivity contribution in [1.29, 1.82) is 5.26 Å². The average molecular weight is 161 g/mol. The topological polar surface area (TPSA) is 62.7 Å². The minimum Gasteiger partial charge on any atom is -0.322 e. The lowest BCUT2D eigenvalue weighted by molar-refractivity contribution is 0.716. The Morgan fingerprint density at radius 3 is 3.00 bits per heavy atom. The van der Waals surface area contributed by atoms with E-state index in [-0.39, 0.29) is 6.04 Å². The highest BCUT2D eigenvalue weighted by molar-refractivity contribution is 5.13. The summed E-state index contributed by atoms with van der Waals surface area (Å²) in [4.78, 5) is 4.22. The third kappa shape index (κ3) is 2.04. The predicted octanol–water partition coefficient (Wildman–Crippen LogP) is 1.30. The molecule has 12 heavy (non-hydrogen) atoms. The van der Waals surface area contributed by atoms with Crippen LogP contribution in [0.15, 0.2) is 18.2 Å². The van der Waals surface area contributed by atoms with E-state index in [1.807, 2.05) is 31.2 Å². The molecular weight excluding hydrogens is 150 g/mol. The highest BCUT2D eigenvalue weighted by Gasteiger charge is 2.05. The Morgan fingerprint density at radius 2 is 2.42 bits per heavy atom. The van der Waals surface area contributed by atoms with Crippen LogP contribution < -0.4 is 5.73 Å². The van der Waals surface area contributed by atoms with Crippen molar-refractivity contribution in [2.45, 2.75) is 19.4 Å². The van der Waals surface area contributed by atoms with Crippen LogP contribution in [-0.4, -0.2) is 4.98 Å². The minimum absolute atomic E-state index is 0.255. The second kappa shape index (κ2) is 3.84. The highest BCUT2D eigenvalue weighted by atomic mass is 14.8. The Hall–Kier alpha value is -1.40. The number of rotatable bonds is 2. The van der Waals surface area contributed by atoms with Crippen molar-refractivity contribution >= 4 is 0 Å². The van der Waals surface area contributed by atoms with Gasteiger partial charge in [0.05, 0.1) is 24.2 Å². The highest BCUT2D eigenvalue weighted by Crippen LogP contribution is 2.10. The lowest BCUT2D eigenvalue weighted by atomic mass is 10.1. The molecule has 2 N–H and O–H groups in total. The van der Waals surface area contributed by atoms with Gasteiger partial charge in [0.2, 0.25) is 0 Å². The number of nitriles is 1. The molecule has 0 fully saturated rings. The summed E-state index contributed by atoms with van der Waals surface area (Å²) in [6.45, 7) is 1.91. The van der Waals surface area contributed by atoms with E-state index in [0.717, 1.165) is 11.4 Å². The molecule has 1 atom stereocenters. The van der Waals surface area contributed by atoms with Crippen molar-refractivity contribution < 1.29 is 0 Å². The molecule has 1 unspecified atom stereocenters. The molecule has 0 saturated carbocycles. The number of nitrogens with zero attached hydrogens (tertiary/aromatic N) is 2. The largest absolute Gasteiger partial charge is 0.322 e. The third-order valence-corrected chi connectivity index (χ3v) is 1.60. The minimum atomic E-state index is -0.255. The fourth-order valence-corrected chi connectivity index (χ4v) is 0.974. The van der Waals surface area contributed by atoms with Gasteiger partial charge in [0.15, 0.2) is 0 Å². The van der Waals surface area contributed by atoms with Crippen LogP contribution in [0.2, 0.25) is 0 Å². The Labute approximate surface area is 71.8 Å². The molecule has 3 nitrogen and oxygen atoms in total. The van der Waals surface area contributed by atoms with E-state index in [9.17, 15) is 0 Å². The van der Waals surface area contributed by atoms with Gasteiger partial charge in [-0.2, -0.15) is 5.26 Å². The van der Waals surface area contributed by atoms with Gasteiger partial charge in [0, 0.05) is 5.69 Å². The van der Waals surface area contributed by atoms with Gasteiger partial charge in [0.25, 0.3) is 0 Å². The van der Waals surface area contributed by atoms with Crippen LogP contribution in [0.5, 0.6) is 0 Å². The summed E-state index contributed by atoms with van der Waals surface area (Å²) in [5, 5.41) is 8.41. The first-order valence-electron chi connectivity index (χ1n) is 3.80. The summed E-state index contributed by atoms with van der Waals surface area (Å²) < 4.78 is 0. The number of hydrogen-bond acceptors (Lipinski definition) is 3. The van der Waals surface area contributed by atoms with Gasteiger partial charge in [-0.15, -0.1) is 0 Å². The van der Waals surface area contributed by atoms with Gasteiger partial charge in [-0.3, -0.25) is 4.98 Å². The Bertz CT molecular complexity index is 301. The molecule has 0 bridgehead atoms. The zero-order valence-corrected chi connectivity index (χ0v) is 6.99. The molecule has 0 spiro atoms. The SMILES string of the molecule is Cc1cccc(C(N)CC#N)n1. The zero-order chi connectivity index (χ0) is 8.97. The van der Waals surface area contributed by atoms with Gasteiger partial charge in [0.1, 0.15) is 0 Å². The van der Waals surface area contributed by atoms with Crippen LogP contribution in [0.25, 0.3) is 0 Å². The molecule has 0 aliphatic heterocycles. The van der Waals surface area contributed by atoms with Crippen molar-refractivity contribution in [2.24, 2.45) is 5.73 Å². The second-order valence-electron chi connectivity index (χ2n) is 2.67. The molecule has 0 radical (unpaired) electrons. The maximum absolute atomic E-state index is 8.41. The van der Waals surface area contributed by atoms with Crippen molar-refractivity contribution in [1.82, 2.24) is 4.98 Å². The molecule has 0 amide bonds. The molecule has 1 heterocycles. The lowest BCUT2D eigenvalue weighted by Crippen LogP contribution is -2.11. The van der Waals surface area contributed by atoms with Crippen LogP contribution in [-0.2, 0) is 0 Å². The Balaban J connectivity index is 2.82. The summed E-state index contributed by atoms with van der Waals surface area (Å²) in [5.74, 6) is 0.